The third kappa shape index (κ3) is 4.09. The first-order valence-electron chi connectivity index (χ1n) is 10.9. The number of hydrogen-bond acceptors (Lipinski definition) is 2. The number of aromatic nitrogens is 2. The molecular weight excluding hydrogens is 412 g/mol. The van der Waals surface area contributed by atoms with Gasteiger partial charge in [-0.05, 0) is 92.3 Å². The highest BCUT2D eigenvalue weighted by Crippen LogP contribution is 2.33. The largest absolute Gasteiger partial charge is 0.265 e. The molecule has 5 aromatic rings. The second-order valence-electron chi connectivity index (χ2n) is 7.86. The van der Waals surface area contributed by atoms with Gasteiger partial charge >= 0.3 is 0 Å². The maximum absolute atomic E-state index is 5.86. The Hall–Kier alpha value is -4.92. The van der Waals surface area contributed by atoms with Crippen LogP contribution in [0.15, 0.2) is 85.5 Å². The molecule has 0 aliphatic carbocycles. The Morgan fingerprint density at radius 2 is 0.912 bits per heavy atom. The van der Waals surface area contributed by atoms with Crippen LogP contribution in [0.2, 0.25) is 0 Å². The Morgan fingerprint density at radius 3 is 1.32 bits per heavy atom. The van der Waals surface area contributed by atoms with Crippen LogP contribution in [0, 0.1) is 24.7 Å². The standard InChI is InChI=1S/C32H20N2/c1-3-25-9-11-27(7-5-23-13-17-33-18-14-23)31-22-32-28(8-6-24-15-19-34-20-16-24)12-10-26(4-2)30(32)21-29(25)31/h1-2,5-22H. The number of nitrogens with zero attached hydrogens (tertiary/aromatic N) is 2. The fraction of sp³-hybridized carbons (Fsp3) is 0. The highest BCUT2D eigenvalue weighted by atomic mass is 14.6. The Bertz CT molecular complexity index is 1520. The first kappa shape index (κ1) is 21.0. The molecule has 0 spiro atoms. The topological polar surface area (TPSA) is 25.8 Å². The van der Waals surface area contributed by atoms with E-state index in [0.717, 1.165) is 54.9 Å². The normalized spacial score (nSPS) is 11.2. The first-order valence-corrected chi connectivity index (χ1v) is 10.9. The maximum Gasteiger partial charge on any atom is 0.0321 e. The van der Waals surface area contributed by atoms with Gasteiger partial charge in [0.15, 0.2) is 0 Å². The summed E-state index contributed by atoms with van der Waals surface area (Å²) >= 11 is 0. The van der Waals surface area contributed by atoms with E-state index in [9.17, 15) is 0 Å². The van der Waals surface area contributed by atoms with Crippen LogP contribution in [0.3, 0.4) is 0 Å². The van der Waals surface area contributed by atoms with Crippen molar-refractivity contribution in [3.63, 3.8) is 0 Å². The third-order valence-electron chi connectivity index (χ3n) is 5.85. The molecule has 2 nitrogen and oxygen atoms in total. The van der Waals surface area contributed by atoms with Gasteiger partial charge in [0.05, 0.1) is 0 Å². The molecule has 0 fully saturated rings. The van der Waals surface area contributed by atoms with Crippen molar-refractivity contribution in [2.45, 2.75) is 0 Å². The van der Waals surface area contributed by atoms with Crippen LogP contribution < -0.4 is 0 Å². The zero-order valence-electron chi connectivity index (χ0n) is 18.4. The lowest BCUT2D eigenvalue weighted by molar-refractivity contribution is 1.32. The average Bonchev–Trinajstić information content (AvgIpc) is 2.90. The molecule has 0 amide bonds. The van der Waals surface area contributed by atoms with Crippen molar-refractivity contribution < 1.29 is 0 Å². The molecule has 2 heteroatoms. The Morgan fingerprint density at radius 1 is 0.500 bits per heavy atom. The maximum atomic E-state index is 5.86. The monoisotopic (exact) mass is 432 g/mol. The van der Waals surface area contributed by atoms with Crippen LogP contribution in [0.1, 0.15) is 33.4 Å². The van der Waals surface area contributed by atoms with Crippen molar-refractivity contribution in [2.75, 3.05) is 0 Å². The molecule has 0 saturated heterocycles. The number of terminal acetylenes is 2. The molecule has 5 rings (SSSR count). The highest BCUT2D eigenvalue weighted by molar-refractivity contribution is 6.08. The minimum atomic E-state index is 0.846. The lowest BCUT2D eigenvalue weighted by atomic mass is 9.91. The molecule has 0 bridgehead atoms. The Kier molecular flexibility index (Phi) is 5.73. The second-order valence-corrected chi connectivity index (χ2v) is 7.86. The van der Waals surface area contributed by atoms with Crippen LogP contribution in [0.4, 0.5) is 0 Å². The van der Waals surface area contributed by atoms with Crippen LogP contribution in [-0.2, 0) is 0 Å². The molecule has 0 atom stereocenters. The van der Waals surface area contributed by atoms with Gasteiger partial charge in [0, 0.05) is 35.9 Å². The number of pyridine rings is 2. The molecule has 2 aromatic heterocycles. The van der Waals surface area contributed by atoms with E-state index in [-0.39, 0.29) is 0 Å². The minimum Gasteiger partial charge on any atom is -0.265 e. The van der Waals surface area contributed by atoms with E-state index < -0.39 is 0 Å². The molecule has 3 aromatic carbocycles. The lowest BCUT2D eigenvalue weighted by Gasteiger charge is -2.12. The van der Waals surface area contributed by atoms with Gasteiger partial charge in [0.2, 0.25) is 0 Å². The Balaban J connectivity index is 1.74. The van der Waals surface area contributed by atoms with Crippen molar-refractivity contribution in [3.8, 4) is 24.7 Å². The van der Waals surface area contributed by atoms with E-state index in [2.05, 4.69) is 70.4 Å². The Labute approximate surface area is 199 Å². The van der Waals surface area contributed by atoms with Crippen molar-refractivity contribution in [1.82, 2.24) is 9.97 Å². The third-order valence-corrected chi connectivity index (χ3v) is 5.85. The SMILES string of the molecule is C#Cc1ccc(C=Cc2ccncc2)c2cc3c(C=Cc4ccncc4)ccc(C#C)c3cc12. The zero-order valence-corrected chi connectivity index (χ0v) is 18.4. The van der Waals surface area contributed by atoms with Crippen LogP contribution in [0.25, 0.3) is 45.8 Å². The summed E-state index contributed by atoms with van der Waals surface area (Å²) in [6, 6.07) is 20.4. The van der Waals surface area contributed by atoms with Gasteiger partial charge in [0.25, 0.3) is 0 Å². The molecule has 34 heavy (non-hydrogen) atoms. The van der Waals surface area contributed by atoms with Gasteiger partial charge in [-0.25, -0.2) is 0 Å². The quantitative estimate of drug-likeness (QED) is 0.224. The van der Waals surface area contributed by atoms with Gasteiger partial charge < -0.3 is 0 Å². The van der Waals surface area contributed by atoms with Crippen LogP contribution in [-0.4, -0.2) is 9.97 Å². The molecule has 0 unspecified atom stereocenters. The molecule has 0 aliphatic rings. The zero-order chi connectivity index (χ0) is 23.3. The van der Waals surface area contributed by atoms with Crippen molar-refractivity contribution in [3.05, 3.63) is 119 Å². The summed E-state index contributed by atoms with van der Waals surface area (Å²) in [4.78, 5) is 8.18. The van der Waals surface area contributed by atoms with E-state index in [1.807, 2.05) is 36.4 Å². The van der Waals surface area contributed by atoms with Gasteiger partial charge in [0.1, 0.15) is 0 Å². The van der Waals surface area contributed by atoms with Gasteiger partial charge in [-0.2, -0.15) is 0 Å². The lowest BCUT2D eigenvalue weighted by Crippen LogP contribution is -1.89. The van der Waals surface area contributed by atoms with Gasteiger partial charge in [-0.15, -0.1) is 12.8 Å². The van der Waals surface area contributed by atoms with Crippen molar-refractivity contribution >= 4 is 45.8 Å². The van der Waals surface area contributed by atoms with Crippen LogP contribution in [0.5, 0.6) is 0 Å². The molecule has 0 aliphatic heterocycles. The molecule has 0 N–H and O–H groups in total. The predicted octanol–water partition coefficient (Wildman–Crippen LogP) is 7.09. The molecule has 2 heterocycles. The molecule has 158 valence electrons. The van der Waals surface area contributed by atoms with Crippen LogP contribution >= 0.6 is 0 Å². The summed E-state index contributed by atoms with van der Waals surface area (Å²) in [7, 11) is 0. The fourth-order valence-electron chi connectivity index (χ4n) is 4.09. The summed E-state index contributed by atoms with van der Waals surface area (Å²) in [5.74, 6) is 5.66. The molecular formula is C32H20N2. The summed E-state index contributed by atoms with van der Waals surface area (Å²) in [5, 5.41) is 4.19. The number of hydrogen-bond donors (Lipinski definition) is 0. The fourth-order valence-corrected chi connectivity index (χ4v) is 4.09. The summed E-state index contributed by atoms with van der Waals surface area (Å²) in [6.07, 6.45) is 27.2. The van der Waals surface area contributed by atoms with Crippen molar-refractivity contribution in [1.29, 1.82) is 0 Å². The highest BCUT2D eigenvalue weighted by Gasteiger charge is 2.10. The van der Waals surface area contributed by atoms with Gasteiger partial charge in [-0.3, -0.25) is 9.97 Å². The number of rotatable bonds is 4. The minimum absolute atomic E-state index is 0.846. The van der Waals surface area contributed by atoms with Gasteiger partial charge in [-0.1, -0.05) is 48.3 Å². The van der Waals surface area contributed by atoms with E-state index in [1.54, 1.807) is 24.8 Å². The molecule has 0 radical (unpaired) electrons. The van der Waals surface area contributed by atoms with E-state index >= 15 is 0 Å². The smallest absolute Gasteiger partial charge is 0.0321 e. The van der Waals surface area contributed by atoms with Crippen molar-refractivity contribution in [2.24, 2.45) is 0 Å². The summed E-state index contributed by atoms with van der Waals surface area (Å²) < 4.78 is 0. The molecule has 0 saturated carbocycles. The number of benzene rings is 3. The number of fused-ring (bicyclic) bond motifs is 2. The first-order chi connectivity index (χ1) is 16.8. The average molecular weight is 433 g/mol. The summed E-state index contributed by atoms with van der Waals surface area (Å²) in [5.41, 5.74) is 6.03. The van der Waals surface area contributed by atoms with E-state index in [4.69, 9.17) is 12.8 Å². The van der Waals surface area contributed by atoms with E-state index in [1.165, 1.54) is 0 Å². The second kappa shape index (κ2) is 9.29. The van der Waals surface area contributed by atoms with E-state index in [0.29, 0.717) is 0 Å². The summed E-state index contributed by atoms with van der Waals surface area (Å²) in [6.45, 7) is 0. The predicted molar refractivity (Wildman–Crippen MR) is 144 cm³/mol.